The van der Waals surface area contributed by atoms with Crippen molar-refractivity contribution in [1.82, 2.24) is 10.2 Å². The van der Waals surface area contributed by atoms with Gasteiger partial charge in [-0.15, -0.1) is 0 Å². The number of likely N-dealkylation sites (tertiary alicyclic amines) is 1. The lowest BCUT2D eigenvalue weighted by molar-refractivity contribution is -0.187. The molecule has 1 saturated heterocycles. The van der Waals surface area contributed by atoms with Crippen molar-refractivity contribution in [3.8, 4) is 0 Å². The predicted octanol–water partition coefficient (Wildman–Crippen LogP) is 1.47. The third kappa shape index (κ3) is 4.35. The molecule has 1 heterocycles. The van der Waals surface area contributed by atoms with E-state index in [1.165, 1.54) is 0 Å². The molecular formula is C12H19F3N2O2. The Kier molecular flexibility index (Phi) is 4.35. The highest BCUT2D eigenvalue weighted by molar-refractivity contribution is 5.73. The SMILES string of the molecule is O=C(O)C(CN1CCCC(C(F)(F)F)C1)NC1CC1. The summed E-state index contributed by atoms with van der Waals surface area (Å²) in [5.74, 6) is -2.31. The van der Waals surface area contributed by atoms with Crippen molar-refractivity contribution >= 4 is 5.97 Å². The van der Waals surface area contributed by atoms with E-state index >= 15 is 0 Å². The maximum Gasteiger partial charge on any atom is 0.393 e. The van der Waals surface area contributed by atoms with Crippen LogP contribution in [0.5, 0.6) is 0 Å². The molecule has 2 atom stereocenters. The topological polar surface area (TPSA) is 52.6 Å². The fraction of sp³-hybridized carbons (Fsp3) is 0.917. The molecule has 2 fully saturated rings. The molecule has 7 heteroatoms. The largest absolute Gasteiger partial charge is 0.480 e. The maximum absolute atomic E-state index is 12.7. The Labute approximate surface area is 110 Å². The molecule has 19 heavy (non-hydrogen) atoms. The lowest BCUT2D eigenvalue weighted by Gasteiger charge is -2.35. The van der Waals surface area contributed by atoms with Gasteiger partial charge in [-0.05, 0) is 32.2 Å². The summed E-state index contributed by atoms with van der Waals surface area (Å²) >= 11 is 0. The minimum absolute atomic E-state index is 0.0837. The second-order valence-electron chi connectivity index (χ2n) is 5.47. The van der Waals surface area contributed by atoms with Crippen molar-refractivity contribution in [1.29, 1.82) is 0 Å². The van der Waals surface area contributed by atoms with E-state index in [9.17, 15) is 18.0 Å². The molecule has 0 bridgehead atoms. The van der Waals surface area contributed by atoms with E-state index in [0.29, 0.717) is 13.0 Å². The van der Waals surface area contributed by atoms with Gasteiger partial charge in [0.05, 0.1) is 5.92 Å². The molecule has 1 aliphatic carbocycles. The molecule has 0 spiro atoms. The minimum Gasteiger partial charge on any atom is -0.480 e. The summed E-state index contributed by atoms with van der Waals surface area (Å²) in [7, 11) is 0. The number of alkyl halides is 3. The number of nitrogens with zero attached hydrogens (tertiary/aromatic N) is 1. The molecule has 0 radical (unpaired) electrons. The standard InChI is InChI=1S/C12H19F3N2O2/c13-12(14,15)8-2-1-5-17(6-8)7-10(11(18)19)16-9-3-4-9/h8-10,16H,1-7H2,(H,18,19). The average molecular weight is 280 g/mol. The number of carboxylic acids is 1. The zero-order valence-electron chi connectivity index (χ0n) is 10.6. The first-order valence-corrected chi connectivity index (χ1v) is 6.64. The number of carboxylic acid groups (broad SMARTS) is 1. The zero-order valence-corrected chi connectivity index (χ0v) is 10.6. The van der Waals surface area contributed by atoms with Gasteiger partial charge in [-0.2, -0.15) is 13.2 Å². The summed E-state index contributed by atoms with van der Waals surface area (Å²) in [5.41, 5.74) is 0. The maximum atomic E-state index is 12.7. The van der Waals surface area contributed by atoms with Crippen molar-refractivity contribution in [2.75, 3.05) is 19.6 Å². The number of nitrogens with one attached hydrogen (secondary N) is 1. The monoisotopic (exact) mass is 280 g/mol. The Bertz CT molecular complexity index is 331. The quantitative estimate of drug-likeness (QED) is 0.800. The van der Waals surface area contributed by atoms with Crippen LogP contribution in [0.2, 0.25) is 0 Å². The Morgan fingerprint density at radius 2 is 2.05 bits per heavy atom. The lowest BCUT2D eigenvalue weighted by Crippen LogP contribution is -2.51. The summed E-state index contributed by atoms with van der Waals surface area (Å²) in [6.07, 6.45) is -1.65. The Balaban J connectivity index is 1.87. The Morgan fingerprint density at radius 3 is 2.58 bits per heavy atom. The molecule has 2 unspecified atom stereocenters. The van der Waals surface area contributed by atoms with Crippen LogP contribution in [0.25, 0.3) is 0 Å². The molecule has 0 aromatic carbocycles. The molecule has 2 N–H and O–H groups in total. The van der Waals surface area contributed by atoms with Crippen LogP contribution in [0.1, 0.15) is 25.7 Å². The van der Waals surface area contributed by atoms with Crippen molar-refractivity contribution in [3.05, 3.63) is 0 Å². The van der Waals surface area contributed by atoms with Gasteiger partial charge in [-0.3, -0.25) is 4.79 Å². The summed E-state index contributed by atoms with van der Waals surface area (Å²) < 4.78 is 38.0. The zero-order chi connectivity index (χ0) is 14.0. The molecular weight excluding hydrogens is 261 g/mol. The van der Waals surface area contributed by atoms with E-state index in [1.54, 1.807) is 4.90 Å². The van der Waals surface area contributed by atoms with Crippen LogP contribution in [0, 0.1) is 5.92 Å². The van der Waals surface area contributed by atoms with Gasteiger partial charge in [0, 0.05) is 19.1 Å². The molecule has 110 valence electrons. The highest BCUT2D eigenvalue weighted by Gasteiger charge is 2.42. The van der Waals surface area contributed by atoms with Gasteiger partial charge < -0.3 is 15.3 Å². The fourth-order valence-corrected chi connectivity index (χ4v) is 2.48. The summed E-state index contributed by atoms with van der Waals surface area (Å²) in [6.45, 7) is 0.612. The van der Waals surface area contributed by atoms with Gasteiger partial charge in [-0.1, -0.05) is 0 Å². The van der Waals surface area contributed by atoms with E-state index in [2.05, 4.69) is 5.32 Å². The molecule has 1 aliphatic heterocycles. The third-order valence-electron chi connectivity index (χ3n) is 3.72. The predicted molar refractivity (Wildman–Crippen MR) is 62.8 cm³/mol. The van der Waals surface area contributed by atoms with Crippen LogP contribution in [0.3, 0.4) is 0 Å². The number of rotatable bonds is 5. The van der Waals surface area contributed by atoms with E-state index in [1.807, 2.05) is 0 Å². The third-order valence-corrected chi connectivity index (χ3v) is 3.72. The van der Waals surface area contributed by atoms with Crippen LogP contribution in [0.15, 0.2) is 0 Å². The van der Waals surface area contributed by atoms with E-state index in [4.69, 9.17) is 5.11 Å². The average Bonchev–Trinajstić information content (AvgIpc) is 3.11. The van der Waals surface area contributed by atoms with Crippen LogP contribution in [-0.2, 0) is 4.79 Å². The molecule has 0 amide bonds. The number of piperidine rings is 1. The molecule has 2 aliphatic rings. The van der Waals surface area contributed by atoms with Crippen LogP contribution in [-0.4, -0.2) is 53.9 Å². The van der Waals surface area contributed by atoms with Gasteiger partial charge in [0.1, 0.15) is 6.04 Å². The summed E-state index contributed by atoms with van der Waals surface area (Å²) in [4.78, 5) is 12.7. The number of carbonyl (C=O) groups is 1. The molecule has 1 saturated carbocycles. The molecule has 2 rings (SSSR count). The molecule has 0 aromatic heterocycles. The van der Waals surface area contributed by atoms with E-state index < -0.39 is 24.1 Å². The first kappa shape index (κ1) is 14.6. The van der Waals surface area contributed by atoms with Crippen molar-refractivity contribution in [3.63, 3.8) is 0 Å². The number of aliphatic carboxylic acids is 1. The van der Waals surface area contributed by atoms with Gasteiger partial charge in [0.25, 0.3) is 0 Å². The van der Waals surface area contributed by atoms with Gasteiger partial charge in [0.15, 0.2) is 0 Å². The first-order chi connectivity index (χ1) is 8.86. The van der Waals surface area contributed by atoms with Crippen LogP contribution in [0.4, 0.5) is 13.2 Å². The lowest BCUT2D eigenvalue weighted by atomic mass is 9.97. The normalized spacial score (nSPS) is 27.2. The highest BCUT2D eigenvalue weighted by atomic mass is 19.4. The fourth-order valence-electron chi connectivity index (χ4n) is 2.48. The van der Waals surface area contributed by atoms with Crippen molar-refractivity contribution in [2.24, 2.45) is 5.92 Å². The van der Waals surface area contributed by atoms with Gasteiger partial charge >= 0.3 is 12.1 Å². The second kappa shape index (κ2) is 5.66. The van der Waals surface area contributed by atoms with Crippen LogP contribution < -0.4 is 5.32 Å². The molecule has 0 aromatic rings. The Hall–Kier alpha value is -0.820. The Morgan fingerprint density at radius 1 is 1.37 bits per heavy atom. The number of hydrogen-bond acceptors (Lipinski definition) is 3. The van der Waals surface area contributed by atoms with Crippen molar-refractivity contribution < 1.29 is 23.1 Å². The molecule has 4 nitrogen and oxygen atoms in total. The number of hydrogen-bond donors (Lipinski definition) is 2. The van der Waals surface area contributed by atoms with Gasteiger partial charge in [-0.25, -0.2) is 0 Å². The van der Waals surface area contributed by atoms with Crippen LogP contribution >= 0.6 is 0 Å². The van der Waals surface area contributed by atoms with E-state index in [-0.39, 0.29) is 25.6 Å². The number of halogens is 3. The summed E-state index contributed by atoms with van der Waals surface area (Å²) in [5, 5.41) is 12.1. The van der Waals surface area contributed by atoms with Gasteiger partial charge in [0.2, 0.25) is 0 Å². The highest BCUT2D eigenvalue weighted by Crippen LogP contribution is 2.33. The summed E-state index contributed by atoms with van der Waals surface area (Å²) in [6, 6.07) is -0.538. The van der Waals surface area contributed by atoms with E-state index in [0.717, 1.165) is 12.8 Å². The van der Waals surface area contributed by atoms with Crippen molar-refractivity contribution in [2.45, 2.75) is 43.9 Å². The smallest absolute Gasteiger partial charge is 0.393 e. The minimum atomic E-state index is -4.18. The first-order valence-electron chi connectivity index (χ1n) is 6.64. The second-order valence-corrected chi connectivity index (χ2v) is 5.47.